The molecule has 0 radical (unpaired) electrons. The van der Waals surface area contributed by atoms with Gasteiger partial charge in [-0.05, 0) is 33.4 Å². The van der Waals surface area contributed by atoms with Crippen LogP contribution in [0.2, 0.25) is 0 Å². The van der Waals surface area contributed by atoms with Crippen molar-refractivity contribution in [2.45, 2.75) is 19.3 Å². The first-order chi connectivity index (χ1) is 9.98. The van der Waals surface area contributed by atoms with Crippen molar-refractivity contribution in [3.8, 4) is 0 Å². The van der Waals surface area contributed by atoms with Gasteiger partial charge >= 0.3 is 0 Å². The monoisotopic (exact) mass is 297 g/mol. The van der Waals surface area contributed by atoms with Gasteiger partial charge in [0.05, 0.1) is 18.6 Å². The highest BCUT2D eigenvalue weighted by Gasteiger charge is 2.49. The largest absolute Gasteiger partial charge is 0.383 e. The summed E-state index contributed by atoms with van der Waals surface area (Å²) >= 11 is 0. The number of likely N-dealkylation sites (tertiary alicyclic amines) is 2. The van der Waals surface area contributed by atoms with Crippen molar-refractivity contribution in [3.05, 3.63) is 0 Å². The van der Waals surface area contributed by atoms with E-state index >= 15 is 0 Å². The van der Waals surface area contributed by atoms with Crippen molar-refractivity contribution >= 4 is 11.8 Å². The smallest absolute Gasteiger partial charge is 0.236 e. The predicted molar refractivity (Wildman–Crippen MR) is 79.9 cm³/mol. The molecule has 0 bridgehead atoms. The molecule has 0 saturated carbocycles. The van der Waals surface area contributed by atoms with Crippen molar-refractivity contribution in [3.63, 3.8) is 0 Å². The van der Waals surface area contributed by atoms with Gasteiger partial charge in [0, 0.05) is 33.3 Å². The Hall–Kier alpha value is -1.14. The number of amides is 2. The van der Waals surface area contributed by atoms with E-state index in [0.29, 0.717) is 26.2 Å². The molecule has 0 aliphatic carbocycles. The zero-order valence-electron chi connectivity index (χ0n) is 13.4. The number of likely N-dealkylation sites (N-methyl/N-ethyl adjacent to an activating group) is 1. The quantitative estimate of drug-likeness (QED) is 0.719. The molecule has 2 aliphatic heterocycles. The maximum Gasteiger partial charge on any atom is 0.236 e. The number of rotatable bonds is 5. The Bertz CT molecular complexity index is 400. The van der Waals surface area contributed by atoms with E-state index in [1.807, 2.05) is 28.8 Å². The topological polar surface area (TPSA) is 53.1 Å². The van der Waals surface area contributed by atoms with Crippen LogP contribution in [0, 0.1) is 5.41 Å². The Balaban J connectivity index is 2.00. The summed E-state index contributed by atoms with van der Waals surface area (Å²) in [5.41, 5.74) is -0.339. The molecule has 1 spiro atoms. The fraction of sp³-hybridized carbons (Fsp3) is 0.867. The van der Waals surface area contributed by atoms with E-state index in [0.717, 1.165) is 32.4 Å². The molecule has 2 amide bonds. The second-order valence-electron chi connectivity index (χ2n) is 6.47. The summed E-state index contributed by atoms with van der Waals surface area (Å²) in [7, 11) is 5.44. The van der Waals surface area contributed by atoms with Gasteiger partial charge in [0.25, 0.3) is 0 Å². The number of piperidine rings is 1. The van der Waals surface area contributed by atoms with E-state index < -0.39 is 0 Å². The molecule has 6 heteroatoms. The number of ether oxygens (including phenoxy) is 1. The van der Waals surface area contributed by atoms with E-state index in [1.165, 1.54) is 0 Å². The second kappa shape index (κ2) is 6.75. The van der Waals surface area contributed by atoms with Crippen LogP contribution in [0.1, 0.15) is 19.3 Å². The normalized spacial score (nSPS) is 26.2. The van der Waals surface area contributed by atoms with Gasteiger partial charge in [-0.1, -0.05) is 0 Å². The molecule has 0 unspecified atom stereocenters. The van der Waals surface area contributed by atoms with Crippen LogP contribution < -0.4 is 0 Å². The molecular formula is C15H27N3O3. The van der Waals surface area contributed by atoms with Gasteiger partial charge in [0.2, 0.25) is 11.8 Å². The maximum atomic E-state index is 12.7. The molecule has 0 aromatic rings. The maximum absolute atomic E-state index is 12.7. The highest BCUT2D eigenvalue weighted by molar-refractivity contribution is 5.86. The van der Waals surface area contributed by atoms with E-state index in [2.05, 4.69) is 0 Å². The number of nitrogens with zero attached hydrogens (tertiary/aromatic N) is 3. The summed E-state index contributed by atoms with van der Waals surface area (Å²) in [6.45, 7) is 3.80. The average Bonchev–Trinajstić information content (AvgIpc) is 2.73. The lowest BCUT2D eigenvalue weighted by atomic mass is 9.78. The van der Waals surface area contributed by atoms with Crippen molar-refractivity contribution in [2.24, 2.45) is 5.41 Å². The van der Waals surface area contributed by atoms with Gasteiger partial charge in [0.1, 0.15) is 0 Å². The Morgan fingerprint density at radius 1 is 1.33 bits per heavy atom. The van der Waals surface area contributed by atoms with Crippen LogP contribution in [0.25, 0.3) is 0 Å². The molecule has 2 heterocycles. The van der Waals surface area contributed by atoms with Crippen LogP contribution in [-0.4, -0.2) is 87.0 Å². The number of carbonyl (C=O) groups is 2. The average molecular weight is 297 g/mol. The molecule has 2 rings (SSSR count). The Kier molecular flexibility index (Phi) is 5.22. The van der Waals surface area contributed by atoms with E-state index in [4.69, 9.17) is 4.74 Å². The van der Waals surface area contributed by atoms with E-state index in [-0.39, 0.29) is 17.2 Å². The fourth-order valence-corrected chi connectivity index (χ4v) is 3.40. The molecule has 2 aliphatic rings. The first kappa shape index (κ1) is 16.2. The third kappa shape index (κ3) is 3.55. The minimum absolute atomic E-state index is 0.127. The summed E-state index contributed by atoms with van der Waals surface area (Å²) < 4.78 is 5.07. The Labute approximate surface area is 127 Å². The van der Waals surface area contributed by atoms with E-state index in [1.54, 1.807) is 7.11 Å². The lowest BCUT2D eigenvalue weighted by Crippen LogP contribution is -2.51. The highest BCUT2D eigenvalue weighted by Crippen LogP contribution is 2.40. The molecular weight excluding hydrogens is 270 g/mol. The molecule has 1 atom stereocenters. The number of methoxy groups -OCH3 is 1. The molecule has 21 heavy (non-hydrogen) atoms. The second-order valence-corrected chi connectivity index (χ2v) is 6.47. The lowest BCUT2D eigenvalue weighted by molar-refractivity contribution is -0.144. The molecule has 120 valence electrons. The van der Waals surface area contributed by atoms with Gasteiger partial charge in [0.15, 0.2) is 0 Å². The van der Waals surface area contributed by atoms with Crippen LogP contribution in [0.4, 0.5) is 0 Å². The van der Waals surface area contributed by atoms with Crippen molar-refractivity contribution in [1.82, 2.24) is 14.7 Å². The lowest BCUT2D eigenvalue weighted by Gasteiger charge is -2.39. The summed E-state index contributed by atoms with van der Waals surface area (Å²) in [6.07, 6.45) is 2.69. The Morgan fingerprint density at radius 2 is 2.10 bits per heavy atom. The summed E-state index contributed by atoms with van der Waals surface area (Å²) in [5.74, 6) is 0.337. The first-order valence-electron chi connectivity index (χ1n) is 7.69. The predicted octanol–water partition coefficient (Wildman–Crippen LogP) is 0.0355. The molecule has 2 saturated heterocycles. The van der Waals surface area contributed by atoms with Crippen LogP contribution in [0.15, 0.2) is 0 Å². The minimum atomic E-state index is -0.339. The van der Waals surface area contributed by atoms with Crippen LogP contribution in [0.5, 0.6) is 0 Å². The SMILES string of the molecule is COCCN1CC[C@]2(CCCN(C(=O)CN(C)C)C2)C1=O. The minimum Gasteiger partial charge on any atom is -0.383 e. The zero-order chi connectivity index (χ0) is 15.5. The Morgan fingerprint density at radius 3 is 2.76 bits per heavy atom. The number of hydrogen-bond acceptors (Lipinski definition) is 4. The molecule has 2 fully saturated rings. The van der Waals surface area contributed by atoms with Crippen LogP contribution in [-0.2, 0) is 14.3 Å². The molecule has 0 aromatic carbocycles. The number of hydrogen-bond donors (Lipinski definition) is 0. The number of carbonyl (C=O) groups excluding carboxylic acids is 2. The van der Waals surface area contributed by atoms with Crippen LogP contribution >= 0.6 is 0 Å². The van der Waals surface area contributed by atoms with Gasteiger partial charge in [-0.3, -0.25) is 9.59 Å². The summed E-state index contributed by atoms with van der Waals surface area (Å²) in [6, 6.07) is 0. The molecule has 0 N–H and O–H groups in total. The van der Waals surface area contributed by atoms with Gasteiger partial charge < -0.3 is 19.4 Å². The molecule has 6 nitrogen and oxygen atoms in total. The first-order valence-corrected chi connectivity index (χ1v) is 7.69. The standard InChI is InChI=1S/C15H27N3O3/c1-16(2)11-13(19)18-7-4-5-15(12-18)6-8-17(14(15)20)9-10-21-3/h4-12H2,1-3H3/t15-/m0/s1. The van der Waals surface area contributed by atoms with Crippen molar-refractivity contribution in [1.29, 1.82) is 0 Å². The molecule has 0 aromatic heterocycles. The summed E-state index contributed by atoms with van der Waals surface area (Å²) in [4.78, 5) is 30.6. The van der Waals surface area contributed by atoms with Crippen molar-refractivity contribution in [2.75, 3.05) is 60.5 Å². The zero-order valence-corrected chi connectivity index (χ0v) is 13.4. The highest BCUT2D eigenvalue weighted by atomic mass is 16.5. The van der Waals surface area contributed by atoms with Gasteiger partial charge in [-0.2, -0.15) is 0 Å². The third-order valence-corrected chi connectivity index (χ3v) is 4.55. The van der Waals surface area contributed by atoms with Gasteiger partial charge in [-0.25, -0.2) is 0 Å². The van der Waals surface area contributed by atoms with Gasteiger partial charge in [-0.15, -0.1) is 0 Å². The third-order valence-electron chi connectivity index (χ3n) is 4.55. The summed E-state index contributed by atoms with van der Waals surface area (Å²) in [5, 5.41) is 0. The fourth-order valence-electron chi connectivity index (χ4n) is 3.40. The van der Waals surface area contributed by atoms with E-state index in [9.17, 15) is 9.59 Å². The van der Waals surface area contributed by atoms with Crippen LogP contribution in [0.3, 0.4) is 0 Å². The van der Waals surface area contributed by atoms with Crippen molar-refractivity contribution < 1.29 is 14.3 Å².